The second-order valence-corrected chi connectivity index (χ2v) is 7.19. The molecule has 0 saturated carbocycles. The summed E-state index contributed by atoms with van der Waals surface area (Å²) < 4.78 is 23.4. The highest BCUT2D eigenvalue weighted by molar-refractivity contribution is 7.11. The Balaban J connectivity index is 1.67. The number of hydrogen-bond donors (Lipinski definition) is 1. The number of methoxy groups -OCH3 is 1. The van der Waals surface area contributed by atoms with Gasteiger partial charge < -0.3 is 9.47 Å². The van der Waals surface area contributed by atoms with Gasteiger partial charge in [0.15, 0.2) is 6.61 Å². The van der Waals surface area contributed by atoms with Crippen LogP contribution in [0.5, 0.6) is 5.75 Å². The molecule has 0 unspecified atom stereocenters. The van der Waals surface area contributed by atoms with Gasteiger partial charge in [0, 0.05) is 4.88 Å². The predicted octanol–water partition coefficient (Wildman–Crippen LogP) is 3.94. The Hall–Kier alpha value is -3.78. The lowest BCUT2D eigenvalue weighted by Gasteiger charge is -2.09. The van der Waals surface area contributed by atoms with Crippen molar-refractivity contribution in [3.63, 3.8) is 0 Å². The molecule has 2 aromatic carbocycles. The number of para-hydroxylation sites is 1. The molecule has 8 heteroatoms. The molecule has 0 aliphatic carbocycles. The van der Waals surface area contributed by atoms with Crippen LogP contribution in [0.15, 0.2) is 66.0 Å². The van der Waals surface area contributed by atoms with Crippen molar-refractivity contribution < 1.29 is 28.2 Å². The van der Waals surface area contributed by atoms with Crippen LogP contribution in [0.2, 0.25) is 0 Å². The molecule has 1 heterocycles. The second-order valence-electron chi connectivity index (χ2n) is 6.24. The van der Waals surface area contributed by atoms with Gasteiger partial charge in [-0.2, -0.15) is 0 Å². The number of rotatable bonds is 7. The van der Waals surface area contributed by atoms with Gasteiger partial charge in [0.25, 0.3) is 11.8 Å². The molecule has 0 aliphatic heterocycles. The van der Waals surface area contributed by atoms with Crippen LogP contribution in [0.25, 0.3) is 11.6 Å². The number of amides is 2. The quantitative estimate of drug-likeness (QED) is 0.446. The number of halogens is 1. The molecular weight excluding hydrogens is 421 g/mol. The van der Waals surface area contributed by atoms with Crippen molar-refractivity contribution in [2.75, 3.05) is 13.7 Å². The van der Waals surface area contributed by atoms with E-state index < -0.39 is 30.2 Å². The molecule has 2 amide bonds. The molecule has 1 aromatic heterocycles. The predicted molar refractivity (Wildman–Crippen MR) is 115 cm³/mol. The van der Waals surface area contributed by atoms with Gasteiger partial charge in [-0.25, -0.2) is 9.18 Å². The van der Waals surface area contributed by atoms with Gasteiger partial charge in [-0.1, -0.05) is 30.3 Å². The van der Waals surface area contributed by atoms with Gasteiger partial charge in [-0.15, -0.1) is 11.3 Å². The first-order valence-electron chi connectivity index (χ1n) is 9.13. The van der Waals surface area contributed by atoms with Crippen molar-refractivity contribution in [3.8, 4) is 5.75 Å². The van der Waals surface area contributed by atoms with Crippen LogP contribution in [0.3, 0.4) is 0 Å². The van der Waals surface area contributed by atoms with Crippen LogP contribution in [0.4, 0.5) is 4.39 Å². The first-order valence-corrected chi connectivity index (χ1v) is 10.0. The fourth-order valence-corrected chi connectivity index (χ4v) is 3.39. The molecule has 158 valence electrons. The SMILES string of the molecule is COc1ccccc1C(=O)NC(=O)COC(=O)/C(=C/c1ccc(F)cc1)c1cccs1. The van der Waals surface area contributed by atoms with Gasteiger partial charge in [-0.05, 0) is 47.4 Å². The number of ether oxygens (including phenoxy) is 2. The molecule has 3 rings (SSSR count). The zero-order valence-electron chi connectivity index (χ0n) is 16.5. The van der Waals surface area contributed by atoms with E-state index in [1.165, 1.54) is 48.8 Å². The van der Waals surface area contributed by atoms with Crippen LogP contribution < -0.4 is 10.1 Å². The highest BCUT2D eigenvalue weighted by atomic mass is 32.1. The van der Waals surface area contributed by atoms with E-state index in [2.05, 4.69) is 5.32 Å². The number of hydrogen-bond acceptors (Lipinski definition) is 6. The third-order valence-electron chi connectivity index (χ3n) is 4.13. The number of carbonyl (C=O) groups is 3. The van der Waals surface area contributed by atoms with Gasteiger partial charge in [0.05, 0.1) is 18.2 Å². The largest absolute Gasteiger partial charge is 0.496 e. The van der Waals surface area contributed by atoms with Crippen molar-refractivity contribution in [2.45, 2.75) is 0 Å². The number of imide groups is 1. The van der Waals surface area contributed by atoms with Crippen molar-refractivity contribution in [1.29, 1.82) is 0 Å². The summed E-state index contributed by atoms with van der Waals surface area (Å²) in [6.07, 6.45) is 1.55. The summed E-state index contributed by atoms with van der Waals surface area (Å²) in [5, 5.41) is 3.95. The normalized spacial score (nSPS) is 11.0. The van der Waals surface area contributed by atoms with E-state index in [-0.39, 0.29) is 11.1 Å². The van der Waals surface area contributed by atoms with E-state index in [0.29, 0.717) is 16.2 Å². The number of esters is 1. The van der Waals surface area contributed by atoms with Crippen molar-refractivity contribution in [2.24, 2.45) is 0 Å². The van der Waals surface area contributed by atoms with Crippen molar-refractivity contribution in [3.05, 3.63) is 87.9 Å². The zero-order chi connectivity index (χ0) is 22.2. The molecular formula is C23H18FNO5S. The number of carbonyl (C=O) groups excluding carboxylic acids is 3. The molecule has 0 radical (unpaired) electrons. The summed E-state index contributed by atoms with van der Waals surface area (Å²) in [7, 11) is 1.41. The number of benzene rings is 2. The maximum atomic E-state index is 13.2. The Morgan fingerprint density at radius 1 is 1.03 bits per heavy atom. The number of thiophene rings is 1. The van der Waals surface area contributed by atoms with Crippen LogP contribution in [0, 0.1) is 5.82 Å². The fourth-order valence-electron chi connectivity index (χ4n) is 2.66. The third-order valence-corrected chi connectivity index (χ3v) is 5.03. The second kappa shape index (κ2) is 10.3. The monoisotopic (exact) mass is 439 g/mol. The maximum absolute atomic E-state index is 13.2. The molecule has 0 bridgehead atoms. The van der Waals surface area contributed by atoms with Gasteiger partial charge in [-0.3, -0.25) is 14.9 Å². The van der Waals surface area contributed by atoms with E-state index in [1.54, 1.807) is 41.8 Å². The standard InChI is InChI=1S/C23H18FNO5S/c1-29-19-6-3-2-5-17(19)22(27)25-21(26)14-30-23(28)18(20-7-4-12-31-20)13-15-8-10-16(24)11-9-15/h2-13H,14H2,1H3,(H,25,26,27)/b18-13+. The summed E-state index contributed by atoms with van der Waals surface area (Å²) in [4.78, 5) is 37.7. The first-order chi connectivity index (χ1) is 15.0. The van der Waals surface area contributed by atoms with Crippen LogP contribution >= 0.6 is 11.3 Å². The minimum absolute atomic E-state index is 0.181. The summed E-state index contributed by atoms with van der Waals surface area (Å²) in [5.41, 5.74) is 0.989. The minimum Gasteiger partial charge on any atom is -0.496 e. The van der Waals surface area contributed by atoms with Crippen LogP contribution in [-0.2, 0) is 14.3 Å². The highest BCUT2D eigenvalue weighted by Crippen LogP contribution is 2.24. The van der Waals surface area contributed by atoms with Gasteiger partial charge in [0.2, 0.25) is 0 Å². The van der Waals surface area contributed by atoms with E-state index in [4.69, 9.17) is 9.47 Å². The summed E-state index contributed by atoms with van der Waals surface area (Å²) in [5.74, 6) is -2.28. The summed E-state index contributed by atoms with van der Waals surface area (Å²) >= 11 is 1.32. The molecule has 3 aromatic rings. The molecule has 0 spiro atoms. The maximum Gasteiger partial charge on any atom is 0.340 e. The Labute approximate surface area is 181 Å². The Kier molecular flexibility index (Phi) is 7.29. The van der Waals surface area contributed by atoms with Crippen LogP contribution in [0.1, 0.15) is 20.8 Å². The molecule has 0 atom stereocenters. The van der Waals surface area contributed by atoms with Crippen LogP contribution in [-0.4, -0.2) is 31.5 Å². The Morgan fingerprint density at radius 3 is 2.45 bits per heavy atom. The molecule has 31 heavy (non-hydrogen) atoms. The van der Waals surface area contributed by atoms with E-state index in [0.717, 1.165) is 0 Å². The Morgan fingerprint density at radius 2 is 1.77 bits per heavy atom. The highest BCUT2D eigenvalue weighted by Gasteiger charge is 2.19. The van der Waals surface area contributed by atoms with Crippen molar-refractivity contribution in [1.82, 2.24) is 5.32 Å². The first kappa shape index (κ1) is 21.9. The molecule has 0 saturated heterocycles. The van der Waals surface area contributed by atoms with Gasteiger partial charge >= 0.3 is 5.97 Å². The lowest BCUT2D eigenvalue weighted by atomic mass is 10.1. The average molecular weight is 439 g/mol. The lowest BCUT2D eigenvalue weighted by molar-refractivity contribution is -0.142. The topological polar surface area (TPSA) is 81.7 Å². The summed E-state index contributed by atoms with van der Waals surface area (Å²) in [6.45, 7) is -0.647. The molecule has 6 nitrogen and oxygen atoms in total. The molecule has 0 aliphatic rings. The smallest absolute Gasteiger partial charge is 0.340 e. The van der Waals surface area contributed by atoms with Crippen molar-refractivity contribution >= 4 is 40.8 Å². The molecule has 1 N–H and O–H groups in total. The fraction of sp³-hybridized carbons (Fsp3) is 0.0870. The third kappa shape index (κ3) is 5.86. The minimum atomic E-state index is -0.781. The van der Waals surface area contributed by atoms with E-state index in [1.807, 2.05) is 0 Å². The average Bonchev–Trinajstić information content (AvgIpc) is 3.31. The molecule has 0 fully saturated rings. The zero-order valence-corrected chi connectivity index (χ0v) is 17.3. The van der Waals surface area contributed by atoms with E-state index >= 15 is 0 Å². The number of nitrogens with one attached hydrogen (secondary N) is 1. The van der Waals surface area contributed by atoms with Gasteiger partial charge in [0.1, 0.15) is 11.6 Å². The Bertz CT molecular complexity index is 1110. The van der Waals surface area contributed by atoms with E-state index in [9.17, 15) is 18.8 Å². The lowest BCUT2D eigenvalue weighted by Crippen LogP contribution is -2.34. The summed E-state index contributed by atoms with van der Waals surface area (Å²) in [6, 6.07) is 15.5.